The van der Waals surface area contributed by atoms with Crippen molar-refractivity contribution in [2.24, 2.45) is 0 Å². The van der Waals surface area contributed by atoms with Crippen molar-refractivity contribution in [1.29, 1.82) is 0 Å². The third kappa shape index (κ3) is 8.87. The summed E-state index contributed by atoms with van der Waals surface area (Å²) < 4.78 is 4.34. The van der Waals surface area contributed by atoms with Gasteiger partial charge >= 0.3 is 5.97 Å². The van der Waals surface area contributed by atoms with Crippen molar-refractivity contribution in [3.63, 3.8) is 0 Å². The molecule has 0 heterocycles. The molecule has 0 bridgehead atoms. The summed E-state index contributed by atoms with van der Waals surface area (Å²) in [5, 5.41) is 0. The number of Topliss-reactive ketones (excluding diaryl/α,β-unsaturated/α-hetero) is 1. The Labute approximate surface area is 89.3 Å². The predicted octanol–water partition coefficient (Wildman–Crippen LogP) is 1.43. The van der Waals surface area contributed by atoms with Crippen LogP contribution in [-0.4, -0.2) is 24.6 Å². The van der Waals surface area contributed by atoms with Gasteiger partial charge in [-0.15, -0.1) is 0 Å². The second kappa shape index (κ2) is 7.91. The van der Waals surface area contributed by atoms with Crippen molar-refractivity contribution >= 4 is 17.5 Å². The minimum absolute atomic E-state index is 0.121. The van der Waals surface area contributed by atoms with Gasteiger partial charge in [0.05, 0.1) is 7.11 Å². The molecule has 0 aromatic carbocycles. The van der Waals surface area contributed by atoms with Gasteiger partial charge in [-0.25, -0.2) is 4.79 Å². The first-order valence-electron chi connectivity index (χ1n) is 4.84. The minimum atomic E-state index is -0.535. The van der Waals surface area contributed by atoms with E-state index in [-0.39, 0.29) is 11.6 Å². The first-order chi connectivity index (χ1) is 7.06. The van der Waals surface area contributed by atoms with Crippen LogP contribution in [0.4, 0.5) is 0 Å². The van der Waals surface area contributed by atoms with Crippen LogP contribution < -0.4 is 0 Å². The van der Waals surface area contributed by atoms with Gasteiger partial charge in [0.2, 0.25) is 0 Å². The van der Waals surface area contributed by atoms with E-state index in [1.54, 1.807) is 0 Å². The first kappa shape index (κ1) is 13.5. The molecule has 0 spiro atoms. The fraction of sp³-hybridized carbons (Fsp3) is 0.545. The maximum absolute atomic E-state index is 11.1. The smallest absolute Gasteiger partial charge is 0.330 e. The summed E-state index contributed by atoms with van der Waals surface area (Å²) in [7, 11) is 1.25. The summed E-state index contributed by atoms with van der Waals surface area (Å²) in [4.78, 5) is 32.3. The molecule has 15 heavy (non-hydrogen) atoms. The zero-order valence-corrected chi connectivity index (χ0v) is 9.12. The summed E-state index contributed by atoms with van der Waals surface area (Å²) in [5.41, 5.74) is 0. The van der Waals surface area contributed by atoms with Crippen LogP contribution in [0.1, 0.15) is 32.6 Å². The van der Waals surface area contributed by atoms with Gasteiger partial charge in [-0.2, -0.15) is 0 Å². The van der Waals surface area contributed by atoms with Crippen LogP contribution in [0.5, 0.6) is 0 Å². The molecule has 0 aromatic rings. The average Bonchev–Trinajstić information content (AvgIpc) is 2.20. The third-order valence-electron chi connectivity index (χ3n) is 1.81. The fourth-order valence-corrected chi connectivity index (χ4v) is 0.986. The Hall–Kier alpha value is -1.45. The third-order valence-corrected chi connectivity index (χ3v) is 1.81. The van der Waals surface area contributed by atoms with Crippen LogP contribution >= 0.6 is 0 Å². The topological polar surface area (TPSA) is 60.4 Å². The lowest BCUT2D eigenvalue weighted by atomic mass is 10.1. The van der Waals surface area contributed by atoms with Crippen molar-refractivity contribution in [2.75, 3.05) is 7.11 Å². The lowest BCUT2D eigenvalue weighted by molar-refractivity contribution is -0.135. The SMILES string of the molecule is COC(=O)/C=C/C(=O)CCCCC(C)=O. The van der Waals surface area contributed by atoms with E-state index in [0.717, 1.165) is 6.08 Å². The molecule has 0 rings (SSSR count). The molecule has 0 fully saturated rings. The predicted molar refractivity (Wildman–Crippen MR) is 55.3 cm³/mol. The molecule has 0 aliphatic carbocycles. The second-order valence-corrected chi connectivity index (χ2v) is 3.23. The van der Waals surface area contributed by atoms with Gasteiger partial charge in [0.1, 0.15) is 5.78 Å². The molecule has 0 aliphatic heterocycles. The molecule has 0 amide bonds. The summed E-state index contributed by atoms with van der Waals surface area (Å²) in [6, 6.07) is 0. The monoisotopic (exact) mass is 212 g/mol. The Morgan fingerprint density at radius 2 is 1.67 bits per heavy atom. The number of hydrogen-bond acceptors (Lipinski definition) is 4. The van der Waals surface area contributed by atoms with Gasteiger partial charge < -0.3 is 9.53 Å². The van der Waals surface area contributed by atoms with E-state index in [4.69, 9.17) is 0 Å². The number of ether oxygens (including phenoxy) is 1. The van der Waals surface area contributed by atoms with E-state index >= 15 is 0 Å². The molecule has 0 aliphatic rings. The zero-order valence-electron chi connectivity index (χ0n) is 9.12. The molecule has 0 saturated carbocycles. The molecule has 4 heteroatoms. The molecule has 4 nitrogen and oxygen atoms in total. The van der Waals surface area contributed by atoms with Crippen molar-refractivity contribution < 1.29 is 19.1 Å². The Morgan fingerprint density at radius 3 is 2.20 bits per heavy atom. The largest absolute Gasteiger partial charge is 0.466 e. The average molecular weight is 212 g/mol. The van der Waals surface area contributed by atoms with Crippen molar-refractivity contribution in [1.82, 2.24) is 0 Å². The Balaban J connectivity index is 3.62. The summed E-state index contributed by atoms with van der Waals surface area (Å²) in [6.07, 6.45) is 4.57. The van der Waals surface area contributed by atoms with Gasteiger partial charge in [0.25, 0.3) is 0 Å². The van der Waals surface area contributed by atoms with Gasteiger partial charge in [-0.05, 0) is 25.8 Å². The molecule has 0 atom stereocenters. The number of esters is 1. The molecule has 0 unspecified atom stereocenters. The lowest BCUT2D eigenvalue weighted by Crippen LogP contribution is -1.98. The van der Waals surface area contributed by atoms with Crippen LogP contribution in [-0.2, 0) is 19.1 Å². The number of unbranched alkanes of at least 4 members (excludes halogenated alkanes) is 1. The Kier molecular flexibility index (Phi) is 7.14. The molecular weight excluding hydrogens is 196 g/mol. The van der Waals surface area contributed by atoms with E-state index in [0.29, 0.717) is 25.7 Å². The van der Waals surface area contributed by atoms with Crippen LogP contribution in [0.3, 0.4) is 0 Å². The highest BCUT2D eigenvalue weighted by Gasteiger charge is 2.00. The van der Waals surface area contributed by atoms with Gasteiger partial charge in [-0.1, -0.05) is 0 Å². The number of carbonyl (C=O) groups excluding carboxylic acids is 3. The second-order valence-electron chi connectivity index (χ2n) is 3.23. The van der Waals surface area contributed by atoms with E-state index in [9.17, 15) is 14.4 Å². The number of hydrogen-bond donors (Lipinski definition) is 0. The van der Waals surface area contributed by atoms with E-state index in [2.05, 4.69) is 4.74 Å². The van der Waals surface area contributed by atoms with Crippen molar-refractivity contribution in [3.05, 3.63) is 12.2 Å². The quantitative estimate of drug-likeness (QED) is 0.364. The van der Waals surface area contributed by atoms with Crippen LogP contribution in [0.15, 0.2) is 12.2 Å². The molecular formula is C11H16O4. The minimum Gasteiger partial charge on any atom is -0.466 e. The van der Waals surface area contributed by atoms with Gasteiger partial charge in [0, 0.05) is 18.9 Å². The normalized spacial score (nSPS) is 10.3. The number of carbonyl (C=O) groups is 3. The Morgan fingerprint density at radius 1 is 1.07 bits per heavy atom. The van der Waals surface area contributed by atoms with Crippen LogP contribution in [0.2, 0.25) is 0 Å². The summed E-state index contributed by atoms with van der Waals surface area (Å²) in [5.74, 6) is -0.524. The van der Waals surface area contributed by atoms with E-state index in [1.165, 1.54) is 20.1 Å². The first-order valence-corrected chi connectivity index (χ1v) is 4.84. The zero-order chi connectivity index (χ0) is 11.7. The highest BCUT2D eigenvalue weighted by molar-refractivity contribution is 5.95. The lowest BCUT2D eigenvalue weighted by Gasteiger charge is -1.95. The molecule has 0 N–H and O–H groups in total. The van der Waals surface area contributed by atoms with Crippen LogP contribution in [0.25, 0.3) is 0 Å². The molecule has 0 radical (unpaired) electrons. The fourth-order valence-electron chi connectivity index (χ4n) is 0.986. The number of allylic oxidation sites excluding steroid dienone is 1. The summed E-state index contributed by atoms with van der Waals surface area (Å²) in [6.45, 7) is 1.53. The molecule has 0 saturated heterocycles. The van der Waals surface area contributed by atoms with Gasteiger partial charge in [0.15, 0.2) is 5.78 Å². The van der Waals surface area contributed by atoms with Crippen molar-refractivity contribution in [2.45, 2.75) is 32.6 Å². The maximum Gasteiger partial charge on any atom is 0.330 e. The standard InChI is InChI=1S/C11H16O4/c1-9(12)5-3-4-6-10(13)7-8-11(14)15-2/h7-8H,3-6H2,1-2H3/b8-7+. The van der Waals surface area contributed by atoms with Crippen molar-refractivity contribution in [3.8, 4) is 0 Å². The highest BCUT2D eigenvalue weighted by Crippen LogP contribution is 2.01. The maximum atomic E-state index is 11.1. The van der Waals surface area contributed by atoms with E-state index in [1.807, 2.05) is 0 Å². The van der Waals surface area contributed by atoms with E-state index < -0.39 is 5.97 Å². The Bertz CT molecular complexity index is 266. The number of ketones is 2. The highest BCUT2D eigenvalue weighted by atomic mass is 16.5. The van der Waals surface area contributed by atoms with Gasteiger partial charge in [-0.3, -0.25) is 4.79 Å². The van der Waals surface area contributed by atoms with Crippen LogP contribution in [0, 0.1) is 0 Å². The summed E-state index contributed by atoms with van der Waals surface area (Å²) >= 11 is 0. The number of methoxy groups -OCH3 is 1. The molecule has 84 valence electrons. The molecule has 0 aromatic heterocycles. The number of rotatable bonds is 7.